The molecule has 0 aliphatic rings. The van der Waals surface area contributed by atoms with E-state index in [1.54, 1.807) is 10.9 Å². The van der Waals surface area contributed by atoms with Crippen LogP contribution in [0.3, 0.4) is 0 Å². The van der Waals surface area contributed by atoms with Gasteiger partial charge in [0.25, 0.3) is 0 Å². The van der Waals surface area contributed by atoms with E-state index in [-0.39, 0.29) is 11.2 Å². The molecule has 26 heavy (non-hydrogen) atoms. The summed E-state index contributed by atoms with van der Waals surface area (Å²) in [5.41, 5.74) is 3.89. The van der Waals surface area contributed by atoms with E-state index in [1.807, 2.05) is 33.0 Å². The van der Waals surface area contributed by atoms with Crippen LogP contribution in [0.5, 0.6) is 0 Å². The molecule has 0 aliphatic carbocycles. The molecule has 0 saturated carbocycles. The molecule has 0 spiro atoms. The van der Waals surface area contributed by atoms with Crippen LogP contribution in [-0.2, 0) is 11.8 Å². The van der Waals surface area contributed by atoms with Gasteiger partial charge in [0.15, 0.2) is 5.65 Å². The predicted molar refractivity (Wildman–Crippen MR) is 106 cm³/mol. The number of fused-ring (bicyclic) bond motifs is 1. The molecule has 6 nitrogen and oxygen atoms in total. The molecule has 0 bridgehead atoms. The molecular weight excluding hydrogens is 346 g/mol. The molecule has 1 N–H and O–H groups in total. The molecular formula is C19H23N5OS. The summed E-state index contributed by atoms with van der Waals surface area (Å²) < 4.78 is 1.70. The van der Waals surface area contributed by atoms with Gasteiger partial charge >= 0.3 is 0 Å². The lowest BCUT2D eigenvalue weighted by Crippen LogP contribution is -2.24. The molecule has 0 fully saturated rings. The minimum Gasteiger partial charge on any atom is -0.325 e. The van der Waals surface area contributed by atoms with Crippen LogP contribution in [0.4, 0.5) is 5.69 Å². The third kappa shape index (κ3) is 3.58. The van der Waals surface area contributed by atoms with Crippen LogP contribution in [0, 0.1) is 6.92 Å². The Morgan fingerprint density at radius 2 is 2.00 bits per heavy atom. The molecule has 0 aliphatic heterocycles. The van der Waals surface area contributed by atoms with Gasteiger partial charge in [0.05, 0.1) is 16.8 Å². The van der Waals surface area contributed by atoms with Crippen molar-refractivity contribution >= 4 is 34.4 Å². The number of aryl methyl sites for hydroxylation is 2. The Balaban J connectivity index is 1.81. The highest BCUT2D eigenvalue weighted by Gasteiger charge is 2.20. The van der Waals surface area contributed by atoms with Crippen molar-refractivity contribution in [2.24, 2.45) is 7.05 Å². The lowest BCUT2D eigenvalue weighted by molar-refractivity contribution is -0.115. The fourth-order valence-corrected chi connectivity index (χ4v) is 3.70. The van der Waals surface area contributed by atoms with Gasteiger partial charge in [-0.3, -0.25) is 9.48 Å². The highest BCUT2D eigenvalue weighted by molar-refractivity contribution is 8.00. The van der Waals surface area contributed by atoms with E-state index in [2.05, 4.69) is 40.3 Å². The van der Waals surface area contributed by atoms with Crippen molar-refractivity contribution in [2.45, 2.75) is 43.9 Å². The van der Waals surface area contributed by atoms with Gasteiger partial charge in [-0.05, 0) is 30.9 Å². The number of benzene rings is 1. The van der Waals surface area contributed by atoms with E-state index in [0.29, 0.717) is 5.92 Å². The SMILES string of the molecule is Cc1cccc(C(C)C)c1NC(=O)C(C)Sc1ncnc2c1cnn2C. The van der Waals surface area contributed by atoms with Crippen molar-refractivity contribution in [3.05, 3.63) is 41.9 Å². The van der Waals surface area contributed by atoms with E-state index in [4.69, 9.17) is 0 Å². The Kier molecular flexibility index (Phi) is 5.27. The van der Waals surface area contributed by atoms with Crippen LogP contribution in [0.2, 0.25) is 0 Å². The van der Waals surface area contributed by atoms with Crippen LogP contribution in [0.1, 0.15) is 37.8 Å². The first-order valence-corrected chi connectivity index (χ1v) is 9.46. The molecule has 0 saturated heterocycles. The zero-order valence-corrected chi connectivity index (χ0v) is 16.5. The number of aromatic nitrogens is 4. The van der Waals surface area contributed by atoms with Gasteiger partial charge < -0.3 is 5.32 Å². The summed E-state index contributed by atoms with van der Waals surface area (Å²) >= 11 is 1.42. The Bertz CT molecular complexity index is 950. The fraction of sp³-hybridized carbons (Fsp3) is 0.368. The van der Waals surface area contributed by atoms with Crippen LogP contribution in [0.25, 0.3) is 11.0 Å². The number of rotatable bonds is 5. The van der Waals surface area contributed by atoms with Crippen molar-refractivity contribution < 1.29 is 4.79 Å². The molecule has 1 aromatic carbocycles. The second-order valence-electron chi connectivity index (χ2n) is 6.63. The molecule has 1 atom stereocenters. The number of carbonyl (C=O) groups is 1. The zero-order chi connectivity index (χ0) is 18.8. The summed E-state index contributed by atoms with van der Waals surface area (Å²) in [5.74, 6) is 0.298. The van der Waals surface area contributed by atoms with Gasteiger partial charge in [-0.2, -0.15) is 5.10 Å². The first kappa shape index (κ1) is 18.4. The highest BCUT2D eigenvalue weighted by atomic mass is 32.2. The second-order valence-corrected chi connectivity index (χ2v) is 7.96. The third-order valence-electron chi connectivity index (χ3n) is 4.33. The Labute approximate surface area is 157 Å². The van der Waals surface area contributed by atoms with Gasteiger partial charge in [0.1, 0.15) is 11.4 Å². The summed E-state index contributed by atoms with van der Waals surface area (Å²) in [6, 6.07) is 6.11. The van der Waals surface area contributed by atoms with Gasteiger partial charge in [-0.25, -0.2) is 9.97 Å². The predicted octanol–water partition coefficient (Wildman–Crippen LogP) is 3.91. The minimum atomic E-state index is -0.298. The van der Waals surface area contributed by atoms with Crippen molar-refractivity contribution in [2.75, 3.05) is 5.32 Å². The van der Waals surface area contributed by atoms with E-state index >= 15 is 0 Å². The topological polar surface area (TPSA) is 72.7 Å². The highest BCUT2D eigenvalue weighted by Crippen LogP contribution is 2.31. The molecule has 1 amide bonds. The first-order chi connectivity index (χ1) is 12.4. The number of amides is 1. The molecule has 3 aromatic rings. The van der Waals surface area contributed by atoms with Gasteiger partial charge in [0.2, 0.25) is 5.91 Å². The first-order valence-electron chi connectivity index (χ1n) is 8.58. The Morgan fingerprint density at radius 3 is 2.73 bits per heavy atom. The van der Waals surface area contributed by atoms with Crippen molar-refractivity contribution in [1.82, 2.24) is 19.7 Å². The molecule has 2 heterocycles. The van der Waals surface area contributed by atoms with Gasteiger partial charge in [0, 0.05) is 12.7 Å². The maximum absolute atomic E-state index is 12.8. The number of thioether (sulfide) groups is 1. The molecule has 1 unspecified atom stereocenters. The lowest BCUT2D eigenvalue weighted by atomic mass is 9.98. The van der Waals surface area contributed by atoms with Crippen LogP contribution in [0.15, 0.2) is 35.7 Å². The fourth-order valence-electron chi connectivity index (χ4n) is 2.82. The largest absolute Gasteiger partial charge is 0.325 e. The number of anilines is 1. The number of hydrogen-bond acceptors (Lipinski definition) is 5. The number of nitrogens with zero attached hydrogens (tertiary/aromatic N) is 4. The minimum absolute atomic E-state index is 0.0400. The molecule has 3 rings (SSSR count). The number of hydrogen-bond donors (Lipinski definition) is 1. The van der Waals surface area contributed by atoms with E-state index in [0.717, 1.165) is 32.9 Å². The second kappa shape index (κ2) is 7.45. The maximum atomic E-state index is 12.8. The smallest absolute Gasteiger partial charge is 0.237 e. The van der Waals surface area contributed by atoms with E-state index in [1.165, 1.54) is 18.1 Å². The lowest BCUT2D eigenvalue weighted by Gasteiger charge is -2.18. The number of carbonyl (C=O) groups excluding carboxylic acids is 1. The van der Waals surface area contributed by atoms with E-state index < -0.39 is 0 Å². The van der Waals surface area contributed by atoms with Gasteiger partial charge in [-0.15, -0.1) is 0 Å². The van der Waals surface area contributed by atoms with Crippen molar-refractivity contribution in [3.63, 3.8) is 0 Å². The third-order valence-corrected chi connectivity index (χ3v) is 5.44. The summed E-state index contributed by atoms with van der Waals surface area (Å²) in [5, 5.41) is 8.65. The zero-order valence-electron chi connectivity index (χ0n) is 15.6. The molecule has 7 heteroatoms. The normalized spacial score (nSPS) is 12.5. The monoisotopic (exact) mass is 369 g/mol. The Morgan fingerprint density at radius 1 is 1.23 bits per heavy atom. The summed E-state index contributed by atoms with van der Waals surface area (Å²) in [7, 11) is 1.84. The summed E-state index contributed by atoms with van der Waals surface area (Å²) in [6.07, 6.45) is 3.25. The van der Waals surface area contributed by atoms with Crippen LogP contribution < -0.4 is 5.32 Å². The van der Waals surface area contributed by atoms with Crippen LogP contribution >= 0.6 is 11.8 Å². The number of nitrogens with one attached hydrogen (secondary N) is 1. The summed E-state index contributed by atoms with van der Waals surface area (Å²) in [4.78, 5) is 21.4. The summed E-state index contributed by atoms with van der Waals surface area (Å²) in [6.45, 7) is 8.16. The molecule has 0 radical (unpaired) electrons. The average Bonchev–Trinajstić information content (AvgIpc) is 2.98. The quantitative estimate of drug-likeness (QED) is 0.545. The van der Waals surface area contributed by atoms with E-state index in [9.17, 15) is 4.79 Å². The average molecular weight is 369 g/mol. The number of para-hydroxylation sites is 1. The standard InChI is InChI=1S/C19H23N5OS/c1-11(2)14-8-6-7-12(3)16(14)23-18(25)13(4)26-19-15-9-22-24(5)17(15)20-10-21-19/h6-11,13H,1-5H3,(H,23,25). The van der Waals surface area contributed by atoms with Crippen molar-refractivity contribution in [3.8, 4) is 0 Å². The molecule has 2 aromatic heterocycles. The van der Waals surface area contributed by atoms with Crippen LogP contribution in [-0.4, -0.2) is 30.9 Å². The Hall–Kier alpha value is -2.41. The maximum Gasteiger partial charge on any atom is 0.237 e. The van der Waals surface area contributed by atoms with Crippen molar-refractivity contribution in [1.29, 1.82) is 0 Å². The van der Waals surface area contributed by atoms with Gasteiger partial charge in [-0.1, -0.05) is 43.8 Å². The molecule has 136 valence electrons.